The summed E-state index contributed by atoms with van der Waals surface area (Å²) < 4.78 is 17.1. The zero-order valence-electron chi connectivity index (χ0n) is 12.2. The average molecular weight is 349 g/mol. The van der Waals surface area contributed by atoms with Gasteiger partial charge in [0, 0.05) is 4.47 Å². The monoisotopic (exact) mass is 348 g/mol. The lowest BCUT2D eigenvalue weighted by atomic mass is 10.1. The molecule has 4 heteroatoms. The van der Waals surface area contributed by atoms with Gasteiger partial charge in [0.25, 0.3) is 0 Å². The predicted molar refractivity (Wildman–Crippen MR) is 89.2 cm³/mol. The molecule has 0 N–H and O–H groups in total. The summed E-state index contributed by atoms with van der Waals surface area (Å²) in [6.45, 7) is 0. The van der Waals surface area contributed by atoms with Crippen LogP contribution in [0.25, 0.3) is 12.2 Å². The Hall–Kier alpha value is -1.94. The van der Waals surface area contributed by atoms with Crippen molar-refractivity contribution < 1.29 is 14.2 Å². The predicted octanol–water partition coefficient (Wildman–Crippen LogP) is 4.65. The molecule has 0 aliphatic carbocycles. The molecule has 110 valence electrons. The highest BCUT2D eigenvalue weighted by atomic mass is 79.9. The third kappa shape index (κ3) is 3.79. The maximum Gasteiger partial charge on any atom is 0.203 e. The number of methoxy groups -OCH3 is 3. The summed E-state index contributed by atoms with van der Waals surface area (Å²) in [5, 5.41) is 0. The Morgan fingerprint density at radius 2 is 1.29 bits per heavy atom. The molecule has 0 atom stereocenters. The molecule has 0 heterocycles. The number of hydrogen-bond donors (Lipinski definition) is 0. The van der Waals surface area contributed by atoms with E-state index >= 15 is 0 Å². The minimum atomic E-state index is 0.598. The van der Waals surface area contributed by atoms with Gasteiger partial charge in [0.2, 0.25) is 5.75 Å². The first kappa shape index (κ1) is 15.4. The normalized spacial score (nSPS) is 10.7. The van der Waals surface area contributed by atoms with E-state index in [0.29, 0.717) is 17.2 Å². The van der Waals surface area contributed by atoms with E-state index in [-0.39, 0.29) is 0 Å². The Kier molecular flexibility index (Phi) is 5.28. The SMILES string of the molecule is COc1cc(/C=C/c2ccc(Br)cc2)cc(OC)c1OC. The molecular formula is C17H17BrO3. The second kappa shape index (κ2) is 7.18. The van der Waals surface area contributed by atoms with Crippen LogP contribution in [0, 0.1) is 0 Å². The lowest BCUT2D eigenvalue weighted by Gasteiger charge is -2.12. The maximum absolute atomic E-state index is 5.34. The van der Waals surface area contributed by atoms with Gasteiger partial charge in [0.1, 0.15) is 0 Å². The zero-order valence-corrected chi connectivity index (χ0v) is 13.8. The highest BCUT2D eigenvalue weighted by Gasteiger charge is 2.11. The van der Waals surface area contributed by atoms with Crippen LogP contribution in [-0.4, -0.2) is 21.3 Å². The van der Waals surface area contributed by atoms with Crippen molar-refractivity contribution in [1.82, 2.24) is 0 Å². The molecule has 21 heavy (non-hydrogen) atoms. The summed E-state index contributed by atoms with van der Waals surface area (Å²) in [7, 11) is 4.82. The molecule has 0 aromatic heterocycles. The number of ether oxygens (including phenoxy) is 3. The maximum atomic E-state index is 5.34. The van der Waals surface area contributed by atoms with Gasteiger partial charge in [-0.1, -0.05) is 40.2 Å². The molecule has 2 aromatic rings. The van der Waals surface area contributed by atoms with Crippen LogP contribution in [0.3, 0.4) is 0 Å². The molecule has 2 aromatic carbocycles. The second-order valence-electron chi connectivity index (χ2n) is 4.34. The summed E-state index contributed by atoms with van der Waals surface area (Å²) in [5.74, 6) is 1.89. The highest BCUT2D eigenvalue weighted by molar-refractivity contribution is 9.10. The molecular weight excluding hydrogens is 332 g/mol. The Bertz CT molecular complexity index is 608. The van der Waals surface area contributed by atoms with E-state index in [2.05, 4.69) is 15.9 Å². The van der Waals surface area contributed by atoms with Crippen LogP contribution in [0.4, 0.5) is 0 Å². The largest absolute Gasteiger partial charge is 0.493 e. The van der Waals surface area contributed by atoms with Crippen LogP contribution in [0.15, 0.2) is 40.9 Å². The molecule has 0 unspecified atom stereocenters. The zero-order chi connectivity index (χ0) is 15.2. The van der Waals surface area contributed by atoms with Gasteiger partial charge in [-0.3, -0.25) is 0 Å². The molecule has 2 rings (SSSR count). The number of rotatable bonds is 5. The standard InChI is InChI=1S/C17H17BrO3/c1-19-15-10-13(11-16(20-2)17(15)21-3)5-4-12-6-8-14(18)9-7-12/h4-11H,1-3H3/b5-4+. The van der Waals surface area contributed by atoms with Gasteiger partial charge in [-0.15, -0.1) is 0 Å². The smallest absolute Gasteiger partial charge is 0.203 e. The fraction of sp³-hybridized carbons (Fsp3) is 0.176. The van der Waals surface area contributed by atoms with Gasteiger partial charge in [0.05, 0.1) is 21.3 Å². The minimum Gasteiger partial charge on any atom is -0.493 e. The van der Waals surface area contributed by atoms with E-state index in [1.54, 1.807) is 21.3 Å². The second-order valence-corrected chi connectivity index (χ2v) is 5.26. The first-order chi connectivity index (χ1) is 10.2. The fourth-order valence-corrected chi connectivity index (χ4v) is 2.23. The van der Waals surface area contributed by atoms with Gasteiger partial charge >= 0.3 is 0 Å². The summed E-state index contributed by atoms with van der Waals surface area (Å²) in [6, 6.07) is 11.9. The number of hydrogen-bond acceptors (Lipinski definition) is 3. The number of benzene rings is 2. The van der Waals surface area contributed by atoms with Gasteiger partial charge in [-0.05, 0) is 35.4 Å². The van der Waals surface area contributed by atoms with Crippen molar-refractivity contribution >= 4 is 28.1 Å². The van der Waals surface area contributed by atoms with E-state index in [0.717, 1.165) is 15.6 Å². The van der Waals surface area contributed by atoms with Crippen molar-refractivity contribution in [3.05, 3.63) is 52.0 Å². The molecule has 0 saturated heterocycles. The molecule has 0 aliphatic heterocycles. The molecule has 0 fully saturated rings. The van der Waals surface area contributed by atoms with Gasteiger partial charge < -0.3 is 14.2 Å². The van der Waals surface area contributed by atoms with Gasteiger partial charge in [-0.2, -0.15) is 0 Å². The Morgan fingerprint density at radius 1 is 0.762 bits per heavy atom. The summed E-state index contributed by atoms with van der Waals surface area (Å²) in [6.07, 6.45) is 4.04. The first-order valence-corrected chi connectivity index (χ1v) is 7.21. The summed E-state index contributed by atoms with van der Waals surface area (Å²) >= 11 is 3.42. The Balaban J connectivity index is 2.33. The average Bonchev–Trinajstić information content (AvgIpc) is 2.53. The van der Waals surface area contributed by atoms with Crippen molar-refractivity contribution in [2.24, 2.45) is 0 Å². The van der Waals surface area contributed by atoms with Crippen LogP contribution in [0.2, 0.25) is 0 Å². The molecule has 0 bridgehead atoms. The third-order valence-corrected chi connectivity index (χ3v) is 3.55. The van der Waals surface area contributed by atoms with Crippen LogP contribution in [0.5, 0.6) is 17.2 Å². The van der Waals surface area contributed by atoms with Crippen LogP contribution in [0.1, 0.15) is 11.1 Å². The molecule has 0 saturated carbocycles. The van der Waals surface area contributed by atoms with E-state index < -0.39 is 0 Å². The summed E-state index contributed by atoms with van der Waals surface area (Å²) in [4.78, 5) is 0. The molecule has 0 spiro atoms. The van der Waals surface area contributed by atoms with Crippen molar-refractivity contribution in [3.63, 3.8) is 0 Å². The van der Waals surface area contributed by atoms with Crippen LogP contribution in [-0.2, 0) is 0 Å². The molecule has 0 radical (unpaired) electrons. The van der Waals surface area contributed by atoms with Crippen molar-refractivity contribution in [3.8, 4) is 17.2 Å². The minimum absolute atomic E-state index is 0.598. The lowest BCUT2D eigenvalue weighted by molar-refractivity contribution is 0.324. The van der Waals surface area contributed by atoms with Crippen LogP contribution < -0.4 is 14.2 Å². The van der Waals surface area contributed by atoms with E-state index in [1.165, 1.54) is 0 Å². The van der Waals surface area contributed by atoms with E-state index in [4.69, 9.17) is 14.2 Å². The lowest BCUT2D eigenvalue weighted by Crippen LogP contribution is -1.95. The Labute approximate surface area is 133 Å². The first-order valence-electron chi connectivity index (χ1n) is 6.41. The third-order valence-electron chi connectivity index (χ3n) is 3.03. The molecule has 0 amide bonds. The summed E-state index contributed by atoms with van der Waals surface area (Å²) in [5.41, 5.74) is 2.10. The highest BCUT2D eigenvalue weighted by Crippen LogP contribution is 2.38. The quantitative estimate of drug-likeness (QED) is 0.736. The fourth-order valence-electron chi connectivity index (χ4n) is 1.96. The van der Waals surface area contributed by atoms with Gasteiger partial charge in [-0.25, -0.2) is 0 Å². The van der Waals surface area contributed by atoms with Crippen molar-refractivity contribution in [2.45, 2.75) is 0 Å². The number of halogens is 1. The Morgan fingerprint density at radius 3 is 1.76 bits per heavy atom. The van der Waals surface area contributed by atoms with E-state index in [9.17, 15) is 0 Å². The van der Waals surface area contributed by atoms with Crippen LogP contribution >= 0.6 is 15.9 Å². The van der Waals surface area contributed by atoms with Crippen molar-refractivity contribution in [1.29, 1.82) is 0 Å². The van der Waals surface area contributed by atoms with E-state index in [1.807, 2.05) is 48.6 Å². The topological polar surface area (TPSA) is 27.7 Å². The van der Waals surface area contributed by atoms with Gasteiger partial charge in [0.15, 0.2) is 11.5 Å². The van der Waals surface area contributed by atoms with Crippen molar-refractivity contribution in [2.75, 3.05) is 21.3 Å². The molecule has 3 nitrogen and oxygen atoms in total. The molecule has 0 aliphatic rings.